The lowest BCUT2D eigenvalue weighted by atomic mass is 9.86. The molecule has 0 bridgehead atoms. The molecule has 15 heavy (non-hydrogen) atoms. The number of carbonyl (C=O) groups is 1. The molecule has 0 spiro atoms. The highest BCUT2D eigenvalue weighted by Gasteiger charge is 2.18. The van der Waals surface area contributed by atoms with Crippen LogP contribution in [0.5, 0.6) is 0 Å². The Labute approximate surface area is 95.2 Å². The second-order valence-electron chi connectivity index (χ2n) is 4.44. The van der Waals surface area contributed by atoms with Gasteiger partial charge in [-0.2, -0.15) is 0 Å². The summed E-state index contributed by atoms with van der Waals surface area (Å²) < 4.78 is 4.66. The predicted molar refractivity (Wildman–Crippen MR) is 61.5 cm³/mol. The number of carbonyl (C=O) groups excluding carboxylic acids is 1. The van der Waals surface area contributed by atoms with Gasteiger partial charge in [-0.05, 0) is 23.1 Å². The fraction of sp³-hybridized carbons (Fsp3) is 0.417. The molecule has 0 aliphatic carbocycles. The summed E-state index contributed by atoms with van der Waals surface area (Å²) in [5, 5.41) is 0.426. The van der Waals surface area contributed by atoms with Crippen LogP contribution in [-0.4, -0.2) is 13.1 Å². The lowest BCUT2D eigenvalue weighted by Gasteiger charge is -2.19. The molecule has 0 unspecified atom stereocenters. The first kappa shape index (κ1) is 12.1. The van der Waals surface area contributed by atoms with Crippen LogP contribution in [0.1, 0.15) is 36.7 Å². The molecular weight excluding hydrogens is 212 g/mol. The number of ether oxygens (including phenoxy) is 1. The molecule has 0 fully saturated rings. The van der Waals surface area contributed by atoms with Gasteiger partial charge in [0.15, 0.2) is 0 Å². The molecule has 0 heterocycles. The van der Waals surface area contributed by atoms with E-state index in [2.05, 4.69) is 25.5 Å². The normalized spacial score (nSPS) is 11.3. The van der Waals surface area contributed by atoms with Crippen molar-refractivity contribution in [3.05, 3.63) is 34.3 Å². The van der Waals surface area contributed by atoms with Crippen molar-refractivity contribution in [2.24, 2.45) is 0 Å². The SMILES string of the molecule is COC(=O)c1cc(C(C)(C)C)ccc1Cl. The molecule has 0 radical (unpaired) electrons. The highest BCUT2D eigenvalue weighted by Crippen LogP contribution is 2.26. The van der Waals surface area contributed by atoms with Gasteiger partial charge in [0.2, 0.25) is 0 Å². The van der Waals surface area contributed by atoms with Gasteiger partial charge >= 0.3 is 5.97 Å². The molecule has 0 amide bonds. The van der Waals surface area contributed by atoms with Crippen LogP contribution in [0, 0.1) is 0 Å². The molecular formula is C12H15ClO2. The molecule has 0 aromatic heterocycles. The molecule has 0 aliphatic rings. The second kappa shape index (κ2) is 4.23. The zero-order valence-electron chi connectivity index (χ0n) is 9.43. The quantitative estimate of drug-likeness (QED) is 0.686. The molecule has 0 N–H and O–H groups in total. The van der Waals surface area contributed by atoms with Crippen LogP contribution in [0.25, 0.3) is 0 Å². The number of hydrogen-bond acceptors (Lipinski definition) is 2. The van der Waals surface area contributed by atoms with Crippen molar-refractivity contribution in [2.75, 3.05) is 7.11 Å². The van der Waals surface area contributed by atoms with Gasteiger partial charge in [-0.25, -0.2) is 4.79 Å². The smallest absolute Gasteiger partial charge is 0.339 e. The molecule has 82 valence electrons. The molecule has 1 rings (SSSR count). The second-order valence-corrected chi connectivity index (χ2v) is 4.84. The standard InChI is InChI=1S/C12H15ClO2/c1-12(2,3)8-5-6-10(13)9(7-8)11(14)15-4/h5-7H,1-4H3. The van der Waals surface area contributed by atoms with Crippen molar-refractivity contribution < 1.29 is 9.53 Å². The third-order valence-corrected chi connectivity index (χ3v) is 2.57. The Bertz CT molecular complexity index is 378. The van der Waals surface area contributed by atoms with Crippen LogP contribution in [0.3, 0.4) is 0 Å². The van der Waals surface area contributed by atoms with E-state index in [0.717, 1.165) is 5.56 Å². The van der Waals surface area contributed by atoms with Gasteiger partial charge in [-0.3, -0.25) is 0 Å². The van der Waals surface area contributed by atoms with Crippen LogP contribution < -0.4 is 0 Å². The zero-order valence-corrected chi connectivity index (χ0v) is 10.2. The van der Waals surface area contributed by atoms with E-state index in [-0.39, 0.29) is 5.41 Å². The first-order valence-electron chi connectivity index (χ1n) is 4.74. The molecule has 0 saturated carbocycles. The van der Waals surface area contributed by atoms with E-state index in [4.69, 9.17) is 11.6 Å². The highest BCUT2D eigenvalue weighted by atomic mass is 35.5. The Hall–Kier alpha value is -1.02. The number of methoxy groups -OCH3 is 1. The first-order chi connectivity index (χ1) is 6.86. The zero-order chi connectivity index (χ0) is 11.6. The van der Waals surface area contributed by atoms with Gasteiger partial charge in [0, 0.05) is 0 Å². The third-order valence-electron chi connectivity index (χ3n) is 2.24. The fourth-order valence-corrected chi connectivity index (χ4v) is 1.45. The number of benzene rings is 1. The van der Waals surface area contributed by atoms with Gasteiger partial charge < -0.3 is 4.74 Å². The van der Waals surface area contributed by atoms with E-state index < -0.39 is 5.97 Å². The minimum Gasteiger partial charge on any atom is -0.465 e. The van der Waals surface area contributed by atoms with Crippen molar-refractivity contribution in [3.8, 4) is 0 Å². The average Bonchev–Trinajstić information content (AvgIpc) is 2.15. The highest BCUT2D eigenvalue weighted by molar-refractivity contribution is 6.33. The summed E-state index contributed by atoms with van der Waals surface area (Å²) in [5.74, 6) is -0.397. The van der Waals surface area contributed by atoms with E-state index in [1.165, 1.54) is 7.11 Å². The number of esters is 1. The van der Waals surface area contributed by atoms with Crippen molar-refractivity contribution in [2.45, 2.75) is 26.2 Å². The summed E-state index contributed by atoms with van der Waals surface area (Å²) in [6, 6.07) is 5.44. The average molecular weight is 227 g/mol. The van der Waals surface area contributed by atoms with E-state index in [9.17, 15) is 4.79 Å². The number of hydrogen-bond donors (Lipinski definition) is 0. The minimum absolute atomic E-state index is 0.00659. The molecule has 1 aromatic carbocycles. The van der Waals surface area contributed by atoms with Crippen molar-refractivity contribution >= 4 is 17.6 Å². The summed E-state index contributed by atoms with van der Waals surface area (Å²) in [6.07, 6.45) is 0. The molecule has 0 saturated heterocycles. The number of rotatable bonds is 1. The molecule has 0 aliphatic heterocycles. The lowest BCUT2D eigenvalue weighted by Crippen LogP contribution is -2.13. The Morgan fingerprint density at radius 3 is 2.40 bits per heavy atom. The monoisotopic (exact) mass is 226 g/mol. The fourth-order valence-electron chi connectivity index (χ4n) is 1.26. The van der Waals surface area contributed by atoms with Crippen LogP contribution in [-0.2, 0) is 10.2 Å². The van der Waals surface area contributed by atoms with Gasteiger partial charge in [0.1, 0.15) is 0 Å². The minimum atomic E-state index is -0.397. The Morgan fingerprint density at radius 2 is 1.93 bits per heavy atom. The number of halogens is 1. The summed E-state index contributed by atoms with van der Waals surface area (Å²) >= 11 is 5.92. The Kier molecular flexibility index (Phi) is 3.40. The van der Waals surface area contributed by atoms with Gasteiger partial charge in [-0.1, -0.05) is 38.4 Å². The van der Waals surface area contributed by atoms with Crippen LogP contribution >= 0.6 is 11.6 Å². The lowest BCUT2D eigenvalue weighted by molar-refractivity contribution is 0.0601. The summed E-state index contributed by atoms with van der Waals surface area (Å²) in [5.41, 5.74) is 1.48. The van der Waals surface area contributed by atoms with Crippen LogP contribution in [0.2, 0.25) is 5.02 Å². The third kappa shape index (κ3) is 2.72. The van der Waals surface area contributed by atoms with E-state index in [0.29, 0.717) is 10.6 Å². The summed E-state index contributed by atoms with van der Waals surface area (Å²) in [4.78, 5) is 11.4. The van der Waals surface area contributed by atoms with E-state index in [1.54, 1.807) is 12.1 Å². The first-order valence-corrected chi connectivity index (χ1v) is 5.12. The molecule has 0 atom stereocenters. The Morgan fingerprint density at radius 1 is 1.33 bits per heavy atom. The van der Waals surface area contributed by atoms with E-state index >= 15 is 0 Å². The van der Waals surface area contributed by atoms with Crippen molar-refractivity contribution in [3.63, 3.8) is 0 Å². The van der Waals surface area contributed by atoms with Crippen molar-refractivity contribution in [1.82, 2.24) is 0 Å². The van der Waals surface area contributed by atoms with E-state index in [1.807, 2.05) is 6.07 Å². The summed E-state index contributed by atoms with van der Waals surface area (Å²) in [6.45, 7) is 6.24. The summed E-state index contributed by atoms with van der Waals surface area (Å²) in [7, 11) is 1.35. The molecule has 1 aromatic rings. The largest absolute Gasteiger partial charge is 0.465 e. The maximum atomic E-state index is 11.4. The topological polar surface area (TPSA) is 26.3 Å². The van der Waals surface area contributed by atoms with Crippen LogP contribution in [0.4, 0.5) is 0 Å². The van der Waals surface area contributed by atoms with Gasteiger partial charge in [0.05, 0.1) is 17.7 Å². The van der Waals surface area contributed by atoms with Crippen molar-refractivity contribution in [1.29, 1.82) is 0 Å². The molecule has 2 nitrogen and oxygen atoms in total. The van der Waals surface area contributed by atoms with Gasteiger partial charge in [0.25, 0.3) is 0 Å². The maximum absolute atomic E-state index is 11.4. The maximum Gasteiger partial charge on any atom is 0.339 e. The van der Waals surface area contributed by atoms with Crippen LogP contribution in [0.15, 0.2) is 18.2 Å². The predicted octanol–water partition coefficient (Wildman–Crippen LogP) is 3.42. The van der Waals surface area contributed by atoms with Gasteiger partial charge in [-0.15, -0.1) is 0 Å². The Balaban J connectivity index is 3.23. The molecule has 3 heteroatoms.